The van der Waals surface area contributed by atoms with E-state index in [9.17, 15) is 13.6 Å². The second-order valence-electron chi connectivity index (χ2n) is 6.31. The molecule has 1 heterocycles. The number of aryl methyl sites for hydroxylation is 1. The normalized spacial score (nSPS) is 16.2. The Kier molecular flexibility index (Phi) is 4.51. The van der Waals surface area contributed by atoms with E-state index < -0.39 is 11.6 Å². The Morgan fingerprint density at radius 2 is 1.96 bits per heavy atom. The van der Waals surface area contributed by atoms with Gasteiger partial charge in [0.05, 0.1) is 11.4 Å². The molecule has 0 saturated carbocycles. The monoisotopic (exact) mass is 370 g/mol. The summed E-state index contributed by atoms with van der Waals surface area (Å²) in [4.78, 5) is 18.3. The van der Waals surface area contributed by atoms with Crippen LogP contribution in [0.3, 0.4) is 0 Å². The van der Waals surface area contributed by atoms with E-state index in [-0.39, 0.29) is 17.5 Å². The number of hydrogen-bond donors (Lipinski definition) is 1. The molecule has 1 aromatic heterocycles. The topological polar surface area (TPSA) is 42.0 Å². The van der Waals surface area contributed by atoms with Gasteiger partial charge in [-0.1, -0.05) is 30.3 Å². The Balaban J connectivity index is 1.49. The number of thiazole rings is 1. The highest BCUT2D eigenvalue weighted by Crippen LogP contribution is 2.35. The molecule has 0 bridgehead atoms. The molecule has 1 N–H and O–H groups in total. The summed E-state index contributed by atoms with van der Waals surface area (Å²) in [6, 6.07) is 13.1. The Hall–Kier alpha value is -2.60. The maximum atomic E-state index is 13.7. The number of benzene rings is 2. The van der Waals surface area contributed by atoms with E-state index in [1.165, 1.54) is 6.07 Å². The number of carbonyl (C=O) groups excluding carboxylic acids is 1. The number of amides is 1. The first-order valence-corrected chi connectivity index (χ1v) is 9.22. The molecule has 3 nitrogen and oxygen atoms in total. The van der Waals surface area contributed by atoms with Crippen LogP contribution in [0.5, 0.6) is 0 Å². The molecule has 1 aliphatic carbocycles. The Bertz CT molecular complexity index is 956. The quantitative estimate of drug-likeness (QED) is 0.717. The highest BCUT2D eigenvalue weighted by Gasteiger charge is 2.28. The second kappa shape index (κ2) is 6.96. The number of fused-ring (bicyclic) bond motifs is 1. The van der Waals surface area contributed by atoms with Gasteiger partial charge in [0, 0.05) is 22.4 Å². The molecule has 1 unspecified atom stereocenters. The standard InChI is InChI=1S/C20H16F2N2OS/c21-14-7-9-16(15(22)11-14)23-19(25)13-6-8-17-18(10-13)26-20(24-17)12-4-2-1-3-5-12/h1-5,7,9,11,13H,6,8,10H2,(H,23,25). The number of hydrogen-bond acceptors (Lipinski definition) is 3. The van der Waals surface area contributed by atoms with Crippen molar-refractivity contribution >= 4 is 22.9 Å². The molecule has 26 heavy (non-hydrogen) atoms. The zero-order chi connectivity index (χ0) is 18.1. The molecule has 132 valence electrons. The van der Waals surface area contributed by atoms with Crippen molar-refractivity contribution < 1.29 is 13.6 Å². The van der Waals surface area contributed by atoms with Gasteiger partial charge in [0.15, 0.2) is 0 Å². The molecule has 1 atom stereocenters. The lowest BCUT2D eigenvalue weighted by Crippen LogP contribution is -2.28. The fraction of sp³-hybridized carbons (Fsp3) is 0.200. The van der Waals surface area contributed by atoms with Crippen LogP contribution in [0.25, 0.3) is 10.6 Å². The van der Waals surface area contributed by atoms with Crippen molar-refractivity contribution in [3.63, 3.8) is 0 Å². The molecule has 2 aromatic carbocycles. The van der Waals surface area contributed by atoms with Crippen LogP contribution in [-0.4, -0.2) is 10.9 Å². The number of rotatable bonds is 3. The van der Waals surface area contributed by atoms with Crippen LogP contribution in [0.15, 0.2) is 48.5 Å². The van der Waals surface area contributed by atoms with Crippen LogP contribution < -0.4 is 5.32 Å². The Labute approximate surface area is 153 Å². The van der Waals surface area contributed by atoms with Crippen LogP contribution in [0.4, 0.5) is 14.5 Å². The minimum absolute atomic E-state index is 0.0106. The number of halogens is 2. The van der Waals surface area contributed by atoms with E-state index in [1.807, 2.05) is 30.3 Å². The molecule has 0 spiro atoms. The third kappa shape index (κ3) is 3.37. The van der Waals surface area contributed by atoms with Crippen molar-refractivity contribution in [2.45, 2.75) is 19.3 Å². The maximum Gasteiger partial charge on any atom is 0.227 e. The predicted octanol–water partition coefficient (Wildman–Crippen LogP) is 4.83. The van der Waals surface area contributed by atoms with Crippen molar-refractivity contribution in [1.82, 2.24) is 4.98 Å². The van der Waals surface area contributed by atoms with Gasteiger partial charge in [0.25, 0.3) is 0 Å². The van der Waals surface area contributed by atoms with Crippen LogP contribution in [0.1, 0.15) is 17.0 Å². The summed E-state index contributed by atoms with van der Waals surface area (Å²) in [5, 5.41) is 3.54. The van der Waals surface area contributed by atoms with Crippen LogP contribution in [0.2, 0.25) is 0 Å². The van der Waals surface area contributed by atoms with Gasteiger partial charge in [0.2, 0.25) is 5.91 Å². The molecule has 1 aliphatic rings. The summed E-state index contributed by atoms with van der Waals surface area (Å²) in [6.45, 7) is 0. The summed E-state index contributed by atoms with van der Waals surface area (Å²) in [6.07, 6.45) is 1.98. The lowest BCUT2D eigenvalue weighted by molar-refractivity contribution is -0.120. The highest BCUT2D eigenvalue weighted by molar-refractivity contribution is 7.15. The first-order valence-electron chi connectivity index (χ1n) is 8.40. The third-order valence-electron chi connectivity index (χ3n) is 4.52. The van der Waals surface area contributed by atoms with Gasteiger partial charge in [-0.05, 0) is 31.4 Å². The van der Waals surface area contributed by atoms with Gasteiger partial charge < -0.3 is 5.32 Å². The van der Waals surface area contributed by atoms with Gasteiger partial charge in [-0.25, -0.2) is 13.8 Å². The molecule has 4 rings (SSSR count). The first kappa shape index (κ1) is 16.8. The zero-order valence-corrected chi connectivity index (χ0v) is 14.7. The molecular formula is C20H16F2N2OS. The van der Waals surface area contributed by atoms with Crippen molar-refractivity contribution in [3.05, 3.63) is 70.7 Å². The van der Waals surface area contributed by atoms with Gasteiger partial charge in [-0.15, -0.1) is 11.3 Å². The average Bonchev–Trinajstić information content (AvgIpc) is 3.08. The van der Waals surface area contributed by atoms with E-state index in [0.717, 1.165) is 39.7 Å². The smallest absolute Gasteiger partial charge is 0.227 e. The second-order valence-corrected chi connectivity index (χ2v) is 7.39. The largest absolute Gasteiger partial charge is 0.323 e. The molecule has 0 radical (unpaired) electrons. The minimum atomic E-state index is -0.765. The molecule has 0 aliphatic heterocycles. The fourth-order valence-corrected chi connectivity index (χ4v) is 4.32. The van der Waals surface area contributed by atoms with Crippen molar-refractivity contribution in [2.75, 3.05) is 5.32 Å². The van der Waals surface area contributed by atoms with Gasteiger partial charge in [0.1, 0.15) is 16.6 Å². The summed E-state index contributed by atoms with van der Waals surface area (Å²) >= 11 is 1.61. The summed E-state index contributed by atoms with van der Waals surface area (Å²) in [5.41, 5.74) is 2.13. The van der Waals surface area contributed by atoms with E-state index >= 15 is 0 Å². The molecule has 1 amide bonds. The van der Waals surface area contributed by atoms with Crippen LogP contribution in [0, 0.1) is 17.6 Å². The minimum Gasteiger partial charge on any atom is -0.323 e. The van der Waals surface area contributed by atoms with Crippen LogP contribution in [-0.2, 0) is 17.6 Å². The predicted molar refractivity (Wildman–Crippen MR) is 98.1 cm³/mol. The van der Waals surface area contributed by atoms with Gasteiger partial charge >= 0.3 is 0 Å². The van der Waals surface area contributed by atoms with E-state index in [0.29, 0.717) is 12.8 Å². The lowest BCUT2D eigenvalue weighted by Gasteiger charge is -2.20. The van der Waals surface area contributed by atoms with E-state index in [4.69, 9.17) is 4.98 Å². The summed E-state index contributed by atoms with van der Waals surface area (Å²) < 4.78 is 26.7. The number of aromatic nitrogens is 1. The highest BCUT2D eigenvalue weighted by atomic mass is 32.1. The zero-order valence-electron chi connectivity index (χ0n) is 13.8. The fourth-order valence-electron chi connectivity index (χ4n) is 3.13. The number of anilines is 1. The maximum absolute atomic E-state index is 13.7. The Morgan fingerprint density at radius 3 is 2.73 bits per heavy atom. The molecular weight excluding hydrogens is 354 g/mol. The number of nitrogens with one attached hydrogen (secondary N) is 1. The van der Waals surface area contributed by atoms with Crippen molar-refractivity contribution in [3.8, 4) is 10.6 Å². The third-order valence-corrected chi connectivity index (χ3v) is 5.69. The summed E-state index contributed by atoms with van der Waals surface area (Å²) in [5.74, 6) is -1.91. The first-order chi connectivity index (χ1) is 12.6. The van der Waals surface area contributed by atoms with E-state index in [1.54, 1.807) is 11.3 Å². The molecule has 0 fully saturated rings. The Morgan fingerprint density at radius 1 is 1.15 bits per heavy atom. The SMILES string of the molecule is O=C(Nc1ccc(F)cc1F)C1CCc2nc(-c3ccccc3)sc2C1. The van der Waals surface area contributed by atoms with E-state index in [2.05, 4.69) is 5.32 Å². The molecule has 3 aromatic rings. The van der Waals surface area contributed by atoms with Gasteiger partial charge in [-0.3, -0.25) is 4.79 Å². The summed E-state index contributed by atoms with van der Waals surface area (Å²) in [7, 11) is 0. The number of nitrogens with zero attached hydrogens (tertiary/aromatic N) is 1. The lowest BCUT2D eigenvalue weighted by atomic mass is 9.90. The van der Waals surface area contributed by atoms with Crippen molar-refractivity contribution in [1.29, 1.82) is 0 Å². The number of carbonyl (C=O) groups is 1. The van der Waals surface area contributed by atoms with Crippen molar-refractivity contribution in [2.24, 2.45) is 5.92 Å². The molecule has 0 saturated heterocycles. The van der Waals surface area contributed by atoms with Crippen LogP contribution >= 0.6 is 11.3 Å². The molecule has 6 heteroatoms. The average molecular weight is 370 g/mol. The van der Waals surface area contributed by atoms with Gasteiger partial charge in [-0.2, -0.15) is 0 Å².